The first kappa shape index (κ1) is 18.3. The topological polar surface area (TPSA) is 67.4 Å². The van der Waals surface area contributed by atoms with Gasteiger partial charge in [-0.25, -0.2) is 0 Å². The van der Waals surface area contributed by atoms with E-state index in [0.29, 0.717) is 12.0 Å². The average molecular weight is 370 g/mol. The van der Waals surface area contributed by atoms with E-state index < -0.39 is 0 Å². The summed E-state index contributed by atoms with van der Waals surface area (Å²) in [5.41, 5.74) is 5.88. The molecule has 0 aliphatic heterocycles. The lowest BCUT2D eigenvalue weighted by atomic mass is 9.49. The lowest BCUT2D eigenvalue weighted by Gasteiger charge is -2.56. The summed E-state index contributed by atoms with van der Waals surface area (Å²) in [6, 6.07) is 6.95. The Balaban J connectivity index is 1.28. The quantitative estimate of drug-likeness (QED) is 0.774. The van der Waals surface area contributed by atoms with Crippen LogP contribution in [-0.4, -0.2) is 17.9 Å². The van der Waals surface area contributed by atoms with Crippen molar-refractivity contribution in [2.24, 2.45) is 23.2 Å². The fourth-order valence-corrected chi connectivity index (χ4v) is 6.05. The summed E-state index contributed by atoms with van der Waals surface area (Å²) in [6.45, 7) is 3.92. The first-order chi connectivity index (χ1) is 12.9. The van der Waals surface area contributed by atoms with E-state index >= 15 is 0 Å². The molecule has 5 nitrogen and oxygen atoms in total. The minimum absolute atomic E-state index is 0.0648. The molecule has 0 unspecified atom stereocenters. The first-order valence-electron chi connectivity index (χ1n) is 10.3. The Bertz CT molecular complexity index is 675. The van der Waals surface area contributed by atoms with Crippen LogP contribution in [0, 0.1) is 23.2 Å². The Morgan fingerprint density at radius 1 is 1.00 bits per heavy atom. The van der Waals surface area contributed by atoms with Gasteiger partial charge in [0.15, 0.2) is 0 Å². The molecule has 4 saturated carbocycles. The van der Waals surface area contributed by atoms with Crippen molar-refractivity contribution in [3.63, 3.8) is 0 Å². The number of hydrogen-bond donors (Lipinski definition) is 2. The molecule has 146 valence electrons. The van der Waals surface area contributed by atoms with Gasteiger partial charge in [-0.3, -0.25) is 20.4 Å². The Morgan fingerprint density at radius 3 is 2.07 bits per heavy atom. The van der Waals surface area contributed by atoms with Gasteiger partial charge in [-0.05, 0) is 99.8 Å². The smallest absolute Gasteiger partial charge is 0.269 e. The highest BCUT2D eigenvalue weighted by Gasteiger charge is 2.51. The summed E-state index contributed by atoms with van der Waals surface area (Å²) in [4.78, 5) is 24.8. The number of carbonyl (C=O) groups excluding carboxylic acids is 2. The molecule has 0 aromatic heterocycles. The van der Waals surface area contributed by atoms with Gasteiger partial charge in [-0.15, -0.1) is 0 Å². The van der Waals surface area contributed by atoms with Crippen molar-refractivity contribution < 1.29 is 14.3 Å². The van der Waals surface area contributed by atoms with E-state index in [1.165, 1.54) is 38.5 Å². The lowest BCUT2D eigenvalue weighted by Crippen LogP contribution is -2.50. The summed E-state index contributed by atoms with van der Waals surface area (Å²) in [6.07, 6.45) is 8.31. The van der Waals surface area contributed by atoms with Crippen molar-refractivity contribution in [2.45, 2.75) is 64.9 Å². The fraction of sp³-hybridized carbons (Fsp3) is 0.636. The first-order valence-corrected chi connectivity index (χ1v) is 10.3. The molecule has 5 rings (SSSR count). The van der Waals surface area contributed by atoms with Crippen LogP contribution in [-0.2, 0) is 4.79 Å². The molecule has 4 aliphatic rings. The van der Waals surface area contributed by atoms with E-state index in [1.807, 2.05) is 13.8 Å². The van der Waals surface area contributed by atoms with Gasteiger partial charge >= 0.3 is 0 Å². The highest BCUT2D eigenvalue weighted by Crippen LogP contribution is 2.61. The van der Waals surface area contributed by atoms with Gasteiger partial charge in [0.25, 0.3) is 5.91 Å². The van der Waals surface area contributed by atoms with Gasteiger partial charge in [0.05, 0.1) is 6.10 Å². The number of hydrazine groups is 1. The van der Waals surface area contributed by atoms with Crippen LogP contribution < -0.4 is 15.6 Å². The minimum Gasteiger partial charge on any atom is -0.491 e. The molecule has 0 spiro atoms. The molecule has 4 fully saturated rings. The van der Waals surface area contributed by atoms with Crippen LogP contribution in [0.15, 0.2) is 24.3 Å². The van der Waals surface area contributed by atoms with Crippen molar-refractivity contribution >= 4 is 11.8 Å². The highest BCUT2D eigenvalue weighted by atomic mass is 16.5. The SMILES string of the molecule is CC(C)Oc1ccc(C(=O)NNC(=O)CC23CC4CC(CC(C4)C2)C3)cc1. The number of rotatable bonds is 5. The number of carbonyl (C=O) groups is 2. The van der Waals surface area contributed by atoms with Crippen LogP contribution in [0.1, 0.15) is 69.2 Å². The standard InChI is InChI=1S/C22H30N2O3/c1-14(2)27-19-5-3-18(4-6-19)21(26)24-23-20(25)13-22-10-15-7-16(11-22)9-17(8-15)12-22/h3-6,14-17H,7-13H2,1-2H3,(H,23,25)(H,24,26). The monoisotopic (exact) mass is 370 g/mol. The van der Waals surface area contributed by atoms with Crippen LogP contribution in [0.3, 0.4) is 0 Å². The minimum atomic E-state index is -0.301. The summed E-state index contributed by atoms with van der Waals surface area (Å²) >= 11 is 0. The van der Waals surface area contributed by atoms with E-state index in [1.54, 1.807) is 24.3 Å². The Labute approximate surface area is 161 Å². The highest BCUT2D eigenvalue weighted by molar-refractivity contribution is 5.95. The molecule has 0 atom stereocenters. The third kappa shape index (κ3) is 4.12. The van der Waals surface area contributed by atoms with Crippen LogP contribution in [0.5, 0.6) is 5.75 Å². The molecular weight excluding hydrogens is 340 g/mol. The normalized spacial score (nSPS) is 31.0. The molecule has 1 aromatic rings. The summed E-state index contributed by atoms with van der Waals surface area (Å²) in [5, 5.41) is 0. The Hall–Kier alpha value is -2.04. The van der Waals surface area contributed by atoms with Crippen molar-refractivity contribution in [3.8, 4) is 5.75 Å². The molecule has 27 heavy (non-hydrogen) atoms. The van der Waals surface area contributed by atoms with Gasteiger partial charge in [0, 0.05) is 12.0 Å². The maximum atomic E-state index is 12.5. The van der Waals surface area contributed by atoms with Crippen molar-refractivity contribution in [2.75, 3.05) is 0 Å². The van der Waals surface area contributed by atoms with Crippen molar-refractivity contribution in [1.29, 1.82) is 0 Å². The number of amides is 2. The van der Waals surface area contributed by atoms with Gasteiger partial charge in [0.1, 0.15) is 5.75 Å². The van der Waals surface area contributed by atoms with Gasteiger partial charge < -0.3 is 4.74 Å². The zero-order valence-corrected chi connectivity index (χ0v) is 16.3. The zero-order valence-electron chi connectivity index (χ0n) is 16.3. The maximum Gasteiger partial charge on any atom is 0.269 e. The zero-order chi connectivity index (χ0) is 19.0. The van der Waals surface area contributed by atoms with Gasteiger partial charge in [0.2, 0.25) is 5.91 Å². The molecule has 4 bridgehead atoms. The largest absolute Gasteiger partial charge is 0.491 e. The fourth-order valence-electron chi connectivity index (χ4n) is 6.05. The third-order valence-corrected chi connectivity index (χ3v) is 6.50. The van der Waals surface area contributed by atoms with E-state index in [4.69, 9.17) is 4.74 Å². The molecule has 1 aromatic carbocycles. The number of hydrogen-bond acceptors (Lipinski definition) is 3. The van der Waals surface area contributed by atoms with Crippen LogP contribution in [0.4, 0.5) is 0 Å². The van der Waals surface area contributed by atoms with Crippen LogP contribution >= 0.6 is 0 Å². The second kappa shape index (κ2) is 7.17. The summed E-state index contributed by atoms with van der Waals surface area (Å²) in [5.74, 6) is 2.84. The number of benzene rings is 1. The predicted molar refractivity (Wildman–Crippen MR) is 103 cm³/mol. The molecule has 2 N–H and O–H groups in total. The lowest BCUT2D eigenvalue weighted by molar-refractivity contribution is -0.130. The van der Waals surface area contributed by atoms with Gasteiger partial charge in [-0.2, -0.15) is 0 Å². The summed E-state index contributed by atoms with van der Waals surface area (Å²) in [7, 11) is 0. The Morgan fingerprint density at radius 2 is 1.56 bits per heavy atom. The molecule has 2 amide bonds. The third-order valence-electron chi connectivity index (χ3n) is 6.50. The molecule has 0 saturated heterocycles. The maximum absolute atomic E-state index is 12.5. The number of ether oxygens (including phenoxy) is 1. The molecule has 0 heterocycles. The molecule has 5 heteroatoms. The number of nitrogens with one attached hydrogen (secondary N) is 2. The van der Waals surface area contributed by atoms with Crippen molar-refractivity contribution in [1.82, 2.24) is 10.9 Å². The predicted octanol–water partition coefficient (Wildman–Crippen LogP) is 3.84. The van der Waals surface area contributed by atoms with Crippen LogP contribution in [0.2, 0.25) is 0 Å². The van der Waals surface area contributed by atoms with Crippen molar-refractivity contribution in [3.05, 3.63) is 29.8 Å². The average Bonchev–Trinajstić information content (AvgIpc) is 2.58. The molecule has 4 aliphatic carbocycles. The molecular formula is C22H30N2O3. The summed E-state index contributed by atoms with van der Waals surface area (Å²) < 4.78 is 5.58. The second-order valence-corrected chi connectivity index (χ2v) is 9.29. The van der Waals surface area contributed by atoms with E-state index in [2.05, 4.69) is 10.9 Å². The van der Waals surface area contributed by atoms with E-state index in [9.17, 15) is 9.59 Å². The molecule has 0 radical (unpaired) electrons. The van der Waals surface area contributed by atoms with Crippen LogP contribution in [0.25, 0.3) is 0 Å². The van der Waals surface area contributed by atoms with Gasteiger partial charge in [-0.1, -0.05) is 0 Å². The van der Waals surface area contributed by atoms with E-state index in [0.717, 1.165) is 23.5 Å². The second-order valence-electron chi connectivity index (χ2n) is 9.29. The Kier molecular flexibility index (Phi) is 4.87. The van der Waals surface area contributed by atoms with E-state index in [-0.39, 0.29) is 23.3 Å².